The molecular weight excluding hydrogens is 2230 g/mol. The summed E-state index contributed by atoms with van der Waals surface area (Å²) >= 11 is 10.3. The molecule has 6 fully saturated rings. The van der Waals surface area contributed by atoms with Crippen LogP contribution in [0.15, 0.2) is 98.6 Å². The number of non-ortho nitro benzene ring substituents is 2. The molecular formula is C72H107Cl2N22O29P5W2. The third-order valence-electron chi connectivity index (χ3n) is 17.9. The summed E-state index contributed by atoms with van der Waals surface area (Å²) in [5, 5.41) is 93.3. The standard InChI is InChI=1S/C18H17N6O9P.C12H13N5O6P2.C12H12N5O6P.C12H13N5O4.C6H4Cl2NO4P.12CH4.2W/c1-20-11-6-23(17-13(11)16(19)21-8-22-17)18-15(26)14(25)12(32-18)7-31-34(29,30)33-10-4-2-9(3-5-10)24(27)28;1-14-5-2-17(11-7(5)10(13)15-4-16-11)12-8(18)9-6(21-12)3-20-25(19,22-9)23-24;1-14-5-2-17(11-7(5)10(13)15-4-16-11)12-8(18)9-6(22-12)3-21-24(19,20)23-9;1-14-5-2-17(11-7(5)10(13)15-4-16-11)12-9(20)8(19)6(3-18)21-12;7-14(8,12)13-6-3-1-5(2-4-6)9(10)11;;;;;;;;;;;;;;/h2-6,8,12,14-15,18,25-26H,7H2,(H,29,30)(H2,19,21,22);2,4,6,8-9,12,18H,3,24H2,(H2,13,15,16);2,4,6,8-9,12,18H,3H2,(H,19,20)(H2,13,15,16);2,4,6,8-9,12,18-20H,3H2,(H2,13,15,16);1-4H;12*1H4;;/t12?,14-,15-,18-;6-,8-,9-,12-,25?;6-,8-,9-,12-;6?,8-,9-,12-;;;;;;;;;;;;;;;/m1111.............../s1/i;24D;;;;;;;;;;;;;;;;;/t;6-,8-,9-,12-,24?,25?;;;;;;;;;;;;;;;;;. The topological polar surface area (TPSA) is 692 Å². The van der Waals surface area contributed by atoms with Crippen LogP contribution in [0.3, 0.4) is 0 Å². The number of nitrogens with zero attached hydrogens (tertiary/aromatic N) is 18. The Labute approximate surface area is 800 Å². The second-order valence-corrected chi connectivity index (χ2v) is 34.0. The maximum Gasteiger partial charge on any atom is 0.527 e. The van der Waals surface area contributed by atoms with Gasteiger partial charge in [-0.3, -0.25) is 52.1 Å². The molecule has 0 amide bonds. The van der Waals surface area contributed by atoms with Gasteiger partial charge in [0, 0.05) is 123 Å². The van der Waals surface area contributed by atoms with Crippen LogP contribution >= 0.6 is 61.4 Å². The van der Waals surface area contributed by atoms with E-state index in [2.05, 4.69) is 63.8 Å². The van der Waals surface area contributed by atoms with Crippen LogP contribution in [0.5, 0.6) is 11.5 Å². The number of nitrogen functional groups attached to an aromatic ring is 4. The van der Waals surface area contributed by atoms with Crippen molar-refractivity contribution in [2.45, 2.75) is 187 Å². The van der Waals surface area contributed by atoms with Crippen LogP contribution in [0.2, 0.25) is 0 Å². The zero-order valence-electron chi connectivity index (χ0n) is 60.7. The number of hydrogen-bond donors (Lipinski definition) is 13. The van der Waals surface area contributed by atoms with Crippen LogP contribution in [-0.2, 0) is 106 Å². The molecule has 132 heavy (non-hydrogen) atoms. The number of phosphoric acid groups is 3. The Morgan fingerprint density at radius 1 is 0.508 bits per heavy atom. The van der Waals surface area contributed by atoms with Gasteiger partial charge in [0.25, 0.3) is 11.4 Å². The molecule has 20 atom stereocenters. The Morgan fingerprint density at radius 2 is 0.818 bits per heavy atom. The van der Waals surface area contributed by atoms with Crippen LogP contribution < -0.4 is 32.0 Å². The second kappa shape index (κ2) is 52.2. The first-order chi connectivity index (χ1) is 56.5. The molecule has 6 saturated heterocycles. The molecule has 0 bridgehead atoms. The first-order valence-electron chi connectivity index (χ1n) is 33.5. The van der Waals surface area contributed by atoms with E-state index in [9.17, 15) is 78.9 Å². The van der Waals surface area contributed by atoms with Crippen LogP contribution in [-0.4, -0.2) is 214 Å². The zero-order valence-corrected chi connectivity index (χ0v) is 71.7. The molecule has 0 saturated carbocycles. The molecule has 8 aromatic heterocycles. The number of aliphatic hydroxyl groups is 7. The Morgan fingerprint density at radius 3 is 1.13 bits per heavy atom. The molecule has 6 aliphatic heterocycles. The van der Waals surface area contributed by atoms with Crippen LogP contribution in [0.1, 0.15) is 114 Å². The first kappa shape index (κ1) is 125. The third-order valence-corrected chi connectivity index (χ3v) is 22.5. The molecule has 6 unspecified atom stereocenters. The SMILES string of the molecule is C.C.C.C.C.C.C.C.C.C.C.C.O=[N+]([O-])c1ccc(OP(=O)(Cl)Cl)cc1.[2H]POP1(=O)OC[C@H]2O[C@@H](n3cc([N+]#[C-])c4c(N)ncnc43)[C@H](O)[C@@H]2O1.[C-]#[N+]c1cn([C@@H]2OC(CO)[C@@H](O)[C@H]2O)c2ncnc(N)c12.[C-]#[N+]c1cn([C@@H]2OC(COP(=O)(O)Oc3ccc([N+](=O)[O-])cc3)[C@@H](O)[C@H]2O)c2ncnc(N)c12.[C-]#[N+]c1cn([C@@H]2O[C@@H]3COP(=O)(O)O[C@H]3[C@H]2O)c2ncnc(N)c12.[W].[W]. The smallest absolute Gasteiger partial charge is 0.422 e. The fourth-order valence-corrected chi connectivity index (χ4v) is 16.5. The van der Waals surface area contributed by atoms with E-state index in [1.807, 2.05) is 0 Å². The molecule has 17 N–H and O–H groups in total. The number of halogens is 2. The number of benzene rings is 2. The van der Waals surface area contributed by atoms with Gasteiger partial charge in [0.15, 0.2) is 24.9 Å². The largest absolute Gasteiger partial charge is 0.527 e. The number of phosphoric ester groups is 3. The minimum Gasteiger partial charge on any atom is -0.422 e. The molecule has 0 aliphatic carbocycles. The van der Waals surface area contributed by atoms with Gasteiger partial charge in [0.05, 0.1) is 85.4 Å². The van der Waals surface area contributed by atoms with Gasteiger partial charge < -0.3 is 110 Å². The maximum atomic E-state index is 12.3. The average Bonchev–Trinajstić information content (AvgIpc) is 1.60. The number of rotatable bonds is 16. The van der Waals surface area contributed by atoms with Gasteiger partial charge in [-0.2, -0.15) is 0 Å². The fourth-order valence-electron chi connectivity index (χ4n) is 12.6. The van der Waals surface area contributed by atoms with E-state index in [1.165, 1.54) is 86.3 Å². The number of anilines is 4. The molecule has 6 aliphatic rings. The van der Waals surface area contributed by atoms with Gasteiger partial charge >= 0.3 is 29.5 Å². The summed E-state index contributed by atoms with van der Waals surface area (Å²) in [6.45, 7) is 27.6. The normalized spacial score (nSPS) is 25.2. The number of nitro groups is 2. The predicted molar refractivity (Wildman–Crippen MR) is 485 cm³/mol. The van der Waals surface area contributed by atoms with E-state index >= 15 is 0 Å². The number of aromatic nitrogens is 12. The molecule has 2 aromatic carbocycles. The van der Waals surface area contributed by atoms with E-state index in [-0.39, 0.29) is 224 Å². The summed E-state index contributed by atoms with van der Waals surface area (Å²) in [7, 11) is -13.7. The Hall–Kier alpha value is -8.97. The molecule has 14 heterocycles. The molecule has 60 heteroatoms. The monoisotopic (exact) mass is 2340 g/mol. The van der Waals surface area contributed by atoms with E-state index in [0.29, 0.717) is 33.1 Å². The molecule has 0 radical (unpaired) electrons. The van der Waals surface area contributed by atoms with Gasteiger partial charge in [0.2, 0.25) is 22.7 Å². The maximum absolute atomic E-state index is 12.3. The van der Waals surface area contributed by atoms with Crippen molar-refractivity contribution in [2.24, 2.45) is 0 Å². The molecule has 51 nitrogen and oxygen atoms in total. The van der Waals surface area contributed by atoms with Gasteiger partial charge in [-0.15, -0.1) is 0 Å². The first-order valence-corrected chi connectivity index (χ1v) is 41.3. The van der Waals surface area contributed by atoms with Crippen molar-refractivity contribution in [2.75, 3.05) is 49.4 Å². The third kappa shape index (κ3) is 27.0. The second-order valence-electron chi connectivity index (χ2n) is 25.0. The Kier molecular flexibility index (Phi) is 49.5. The zero-order chi connectivity index (χ0) is 86.1. The van der Waals surface area contributed by atoms with Crippen molar-refractivity contribution >= 4 is 163 Å². The number of ether oxygens (including phenoxy) is 4. The Balaban J connectivity index is -0.00000158. The summed E-state index contributed by atoms with van der Waals surface area (Å²) in [6, 6.07) is 9.29. The summed E-state index contributed by atoms with van der Waals surface area (Å²) in [5.74, 6) is 0.422. The van der Waals surface area contributed by atoms with Crippen LogP contribution in [0.4, 0.5) is 57.4 Å². The van der Waals surface area contributed by atoms with Gasteiger partial charge in [0.1, 0.15) is 156 Å². The van der Waals surface area contributed by atoms with Crippen molar-refractivity contribution in [3.8, 4) is 11.5 Å². The average molecular weight is 2340 g/mol. The number of nitrogens with two attached hydrogens (primary N) is 4. The van der Waals surface area contributed by atoms with Gasteiger partial charge in [-0.1, -0.05) is 89.1 Å². The molecule has 730 valence electrons. The summed E-state index contributed by atoms with van der Waals surface area (Å²) in [6.07, 6.45) is -10.9. The number of aliphatic hydroxyl groups excluding tert-OH is 7. The minimum atomic E-state index is -4.72. The Bertz CT molecular complexity index is 5930. The van der Waals surface area contributed by atoms with Crippen molar-refractivity contribution in [1.29, 1.82) is 1.28 Å². The summed E-state index contributed by atoms with van der Waals surface area (Å²) < 4.78 is 121. The quantitative estimate of drug-likeness (QED) is 0.0185. The van der Waals surface area contributed by atoms with Crippen molar-refractivity contribution in [1.82, 2.24) is 58.1 Å². The fraction of sp³-hybridized carbons (Fsp3) is 0.444. The van der Waals surface area contributed by atoms with Gasteiger partial charge in [-0.05, 0) is 24.3 Å². The molecule has 0 spiro atoms. The molecule has 16 rings (SSSR count). The van der Waals surface area contributed by atoms with E-state index < -0.39 is 160 Å². The number of hydrogen-bond acceptors (Lipinski definition) is 39. The van der Waals surface area contributed by atoms with E-state index in [0.717, 1.165) is 30.6 Å². The summed E-state index contributed by atoms with van der Waals surface area (Å²) in [4.78, 5) is 84.4. The molecule has 10 aromatic rings. The number of nitro benzene ring substituents is 2. The summed E-state index contributed by atoms with van der Waals surface area (Å²) in [5.41, 5.74) is 24.8. The van der Waals surface area contributed by atoms with E-state index in [1.54, 1.807) is 0 Å². The van der Waals surface area contributed by atoms with E-state index in [4.69, 9.17) is 128 Å². The van der Waals surface area contributed by atoms with Gasteiger partial charge in [-0.25, -0.2) is 77.5 Å². The van der Waals surface area contributed by atoms with Crippen molar-refractivity contribution in [3.63, 3.8) is 0 Å². The van der Waals surface area contributed by atoms with Crippen LogP contribution in [0.25, 0.3) is 63.5 Å². The minimum absolute atomic E-state index is 0. The number of fused-ring (bicyclic) bond motifs is 6. The van der Waals surface area contributed by atoms with Crippen LogP contribution in [0, 0.1) is 46.5 Å². The predicted octanol–water partition coefficient (Wildman–Crippen LogP) is 13.1. The van der Waals surface area contributed by atoms with Crippen molar-refractivity contribution < 1.29 is 171 Å². The van der Waals surface area contributed by atoms with Crippen molar-refractivity contribution in [3.05, 3.63) is 165 Å².